The SMILES string of the molecule is O=C(Nc1cc(F)c(F)cc1F)c1ccoc1Br. The largest absolute Gasteiger partial charge is 0.457 e. The predicted molar refractivity (Wildman–Crippen MR) is 60.7 cm³/mol. The maximum absolute atomic E-state index is 13.3. The Morgan fingerprint density at radius 3 is 2.44 bits per heavy atom. The molecule has 18 heavy (non-hydrogen) atoms. The topological polar surface area (TPSA) is 42.2 Å². The van der Waals surface area contributed by atoms with E-state index in [4.69, 9.17) is 4.42 Å². The van der Waals surface area contributed by atoms with Gasteiger partial charge in [0.1, 0.15) is 5.82 Å². The van der Waals surface area contributed by atoms with E-state index in [9.17, 15) is 18.0 Å². The molecule has 7 heteroatoms. The molecule has 0 aliphatic rings. The van der Waals surface area contributed by atoms with Crippen LogP contribution in [0.15, 0.2) is 33.5 Å². The highest BCUT2D eigenvalue weighted by atomic mass is 79.9. The van der Waals surface area contributed by atoms with Gasteiger partial charge in [-0.2, -0.15) is 0 Å². The molecular formula is C11H5BrF3NO2. The van der Waals surface area contributed by atoms with E-state index in [1.54, 1.807) is 0 Å². The van der Waals surface area contributed by atoms with Crippen LogP contribution in [-0.2, 0) is 0 Å². The van der Waals surface area contributed by atoms with Crippen molar-refractivity contribution in [2.75, 3.05) is 5.32 Å². The van der Waals surface area contributed by atoms with Gasteiger partial charge in [-0.15, -0.1) is 0 Å². The first-order chi connectivity index (χ1) is 8.49. The Bertz CT molecular complexity index is 612. The minimum absolute atomic E-state index is 0.110. The quantitative estimate of drug-likeness (QED) is 0.857. The third-order valence-electron chi connectivity index (χ3n) is 2.12. The van der Waals surface area contributed by atoms with E-state index in [2.05, 4.69) is 21.2 Å². The first-order valence-electron chi connectivity index (χ1n) is 4.68. The minimum Gasteiger partial charge on any atom is -0.457 e. The Morgan fingerprint density at radius 2 is 1.83 bits per heavy atom. The van der Waals surface area contributed by atoms with Gasteiger partial charge in [0.05, 0.1) is 17.5 Å². The summed E-state index contributed by atoms with van der Waals surface area (Å²) >= 11 is 2.97. The van der Waals surface area contributed by atoms with Gasteiger partial charge in [0.15, 0.2) is 16.3 Å². The van der Waals surface area contributed by atoms with Crippen molar-refractivity contribution in [3.05, 3.63) is 52.1 Å². The van der Waals surface area contributed by atoms with Gasteiger partial charge in [-0.3, -0.25) is 4.79 Å². The molecule has 94 valence electrons. The molecule has 0 bridgehead atoms. The maximum atomic E-state index is 13.3. The van der Waals surface area contributed by atoms with Crippen molar-refractivity contribution in [1.82, 2.24) is 0 Å². The van der Waals surface area contributed by atoms with Crippen LogP contribution in [0.2, 0.25) is 0 Å². The fourth-order valence-electron chi connectivity index (χ4n) is 1.26. The summed E-state index contributed by atoms with van der Waals surface area (Å²) in [5, 5.41) is 2.11. The molecule has 1 aromatic heterocycles. The number of furan rings is 1. The number of halogens is 4. The number of amides is 1. The van der Waals surface area contributed by atoms with Crippen LogP contribution in [0.1, 0.15) is 10.4 Å². The highest BCUT2D eigenvalue weighted by Gasteiger charge is 2.16. The normalized spacial score (nSPS) is 10.4. The Labute approximate surface area is 108 Å². The molecule has 0 aliphatic carbocycles. The highest BCUT2D eigenvalue weighted by Crippen LogP contribution is 2.22. The van der Waals surface area contributed by atoms with Gasteiger partial charge in [0, 0.05) is 12.1 Å². The lowest BCUT2D eigenvalue weighted by molar-refractivity contribution is 0.102. The molecule has 2 rings (SSSR count). The van der Waals surface area contributed by atoms with Crippen molar-refractivity contribution in [2.45, 2.75) is 0 Å². The number of anilines is 1. The zero-order valence-corrected chi connectivity index (χ0v) is 10.2. The number of carbonyl (C=O) groups excluding carboxylic acids is 1. The molecule has 0 aliphatic heterocycles. The summed E-state index contributed by atoms with van der Waals surface area (Å²) in [5.74, 6) is -4.35. The number of benzene rings is 1. The van der Waals surface area contributed by atoms with E-state index < -0.39 is 29.0 Å². The lowest BCUT2D eigenvalue weighted by Crippen LogP contribution is -2.13. The van der Waals surface area contributed by atoms with Gasteiger partial charge < -0.3 is 9.73 Å². The molecule has 0 atom stereocenters. The fourth-order valence-corrected chi connectivity index (χ4v) is 1.68. The first kappa shape index (κ1) is 12.7. The van der Waals surface area contributed by atoms with Crippen molar-refractivity contribution < 1.29 is 22.4 Å². The van der Waals surface area contributed by atoms with Crippen molar-refractivity contribution in [2.24, 2.45) is 0 Å². The average molecular weight is 320 g/mol. The van der Waals surface area contributed by atoms with E-state index in [-0.39, 0.29) is 10.2 Å². The van der Waals surface area contributed by atoms with Crippen LogP contribution < -0.4 is 5.32 Å². The van der Waals surface area contributed by atoms with Crippen LogP contribution >= 0.6 is 15.9 Å². The molecule has 0 radical (unpaired) electrons. The van der Waals surface area contributed by atoms with Gasteiger partial charge in [-0.25, -0.2) is 13.2 Å². The monoisotopic (exact) mass is 319 g/mol. The molecule has 0 unspecified atom stereocenters. The number of rotatable bonds is 2. The summed E-state index contributed by atoms with van der Waals surface area (Å²) in [5.41, 5.74) is -0.342. The second kappa shape index (κ2) is 4.85. The standard InChI is InChI=1S/C11H5BrF3NO2/c12-10-5(1-2-18-10)11(17)16-9-4-7(14)6(13)3-8(9)15/h1-4H,(H,16,17). The predicted octanol–water partition coefficient (Wildman–Crippen LogP) is 3.71. The van der Waals surface area contributed by atoms with Gasteiger partial charge in [-0.1, -0.05) is 0 Å². The molecule has 0 saturated heterocycles. The second-order valence-corrected chi connectivity index (χ2v) is 4.03. The maximum Gasteiger partial charge on any atom is 0.260 e. The summed E-state index contributed by atoms with van der Waals surface area (Å²) < 4.78 is 43.9. The molecule has 3 nitrogen and oxygen atoms in total. The summed E-state index contributed by atoms with van der Waals surface area (Å²) in [6.45, 7) is 0. The van der Waals surface area contributed by atoms with E-state index in [0.717, 1.165) is 0 Å². The van der Waals surface area contributed by atoms with Crippen LogP contribution in [0, 0.1) is 17.5 Å². The van der Waals surface area contributed by atoms with Crippen LogP contribution in [0.5, 0.6) is 0 Å². The van der Waals surface area contributed by atoms with Crippen molar-refractivity contribution in [3.8, 4) is 0 Å². The highest BCUT2D eigenvalue weighted by molar-refractivity contribution is 9.10. The Balaban J connectivity index is 2.28. The van der Waals surface area contributed by atoms with Crippen LogP contribution in [0.3, 0.4) is 0 Å². The van der Waals surface area contributed by atoms with Gasteiger partial charge in [-0.05, 0) is 22.0 Å². The lowest BCUT2D eigenvalue weighted by atomic mass is 10.2. The smallest absolute Gasteiger partial charge is 0.260 e. The Kier molecular flexibility index (Phi) is 3.42. The molecule has 0 fully saturated rings. The summed E-state index contributed by atoms with van der Waals surface area (Å²) in [7, 11) is 0. The van der Waals surface area contributed by atoms with Crippen LogP contribution in [0.25, 0.3) is 0 Å². The van der Waals surface area contributed by atoms with Crippen LogP contribution in [-0.4, -0.2) is 5.91 Å². The van der Waals surface area contributed by atoms with Gasteiger partial charge in [0.25, 0.3) is 5.91 Å². The molecule has 2 aromatic rings. The van der Waals surface area contributed by atoms with Gasteiger partial charge >= 0.3 is 0 Å². The molecule has 1 N–H and O–H groups in total. The summed E-state index contributed by atoms with van der Waals surface area (Å²) in [6.07, 6.45) is 1.25. The zero-order valence-electron chi connectivity index (χ0n) is 8.64. The summed E-state index contributed by atoms with van der Waals surface area (Å²) in [6, 6.07) is 2.27. The third kappa shape index (κ3) is 2.40. The summed E-state index contributed by atoms with van der Waals surface area (Å²) in [4.78, 5) is 11.7. The van der Waals surface area contributed by atoms with E-state index >= 15 is 0 Å². The molecule has 1 amide bonds. The Morgan fingerprint density at radius 1 is 1.17 bits per heavy atom. The number of hydrogen-bond acceptors (Lipinski definition) is 2. The van der Waals surface area contributed by atoms with E-state index in [1.807, 2.05) is 0 Å². The van der Waals surface area contributed by atoms with Gasteiger partial charge in [0.2, 0.25) is 0 Å². The number of nitrogens with one attached hydrogen (secondary N) is 1. The Hall–Kier alpha value is -1.76. The molecule has 0 saturated carbocycles. The van der Waals surface area contributed by atoms with Crippen LogP contribution in [0.4, 0.5) is 18.9 Å². The second-order valence-electron chi connectivity index (χ2n) is 3.31. The minimum atomic E-state index is -1.32. The molecule has 1 aromatic carbocycles. The number of carbonyl (C=O) groups is 1. The van der Waals surface area contributed by atoms with E-state index in [1.165, 1.54) is 12.3 Å². The fraction of sp³-hybridized carbons (Fsp3) is 0. The molecule has 1 heterocycles. The zero-order chi connectivity index (χ0) is 13.3. The molecular weight excluding hydrogens is 315 g/mol. The lowest BCUT2D eigenvalue weighted by Gasteiger charge is -2.06. The number of hydrogen-bond donors (Lipinski definition) is 1. The third-order valence-corrected chi connectivity index (χ3v) is 2.73. The average Bonchev–Trinajstić information content (AvgIpc) is 2.72. The molecule has 0 spiro atoms. The van der Waals surface area contributed by atoms with E-state index in [0.29, 0.717) is 12.1 Å². The van der Waals surface area contributed by atoms with Crippen molar-refractivity contribution >= 4 is 27.5 Å². The van der Waals surface area contributed by atoms with Crippen molar-refractivity contribution in [1.29, 1.82) is 0 Å². The van der Waals surface area contributed by atoms with Crippen molar-refractivity contribution in [3.63, 3.8) is 0 Å². The first-order valence-corrected chi connectivity index (χ1v) is 5.47.